The van der Waals surface area contributed by atoms with Crippen LogP contribution in [0.1, 0.15) is 39.0 Å². The average Bonchev–Trinajstić information content (AvgIpc) is 2.29. The second-order valence-electron chi connectivity index (χ2n) is 4.64. The lowest BCUT2D eigenvalue weighted by Gasteiger charge is -2.28. The molecule has 1 rings (SSSR count). The van der Waals surface area contributed by atoms with Crippen molar-refractivity contribution in [2.24, 2.45) is 5.92 Å². The first-order chi connectivity index (χ1) is 8.09. The van der Waals surface area contributed by atoms with Crippen molar-refractivity contribution in [1.29, 1.82) is 0 Å². The van der Waals surface area contributed by atoms with E-state index in [1.165, 1.54) is 32.1 Å². The maximum Gasteiger partial charge on any atom is 0.313 e. The minimum Gasteiger partial charge on any atom is -0.481 e. The van der Waals surface area contributed by atoms with Crippen LogP contribution in [0.25, 0.3) is 0 Å². The maximum absolute atomic E-state index is 11.6. The molecule has 1 atom stereocenters. The summed E-state index contributed by atoms with van der Waals surface area (Å²) in [6.07, 6.45) is 6.23. The SMILES string of the molecule is C[C@H](NC(=O)CSCC(=O)O)C1CCCCC1. The number of hydrogen-bond donors (Lipinski definition) is 2. The van der Waals surface area contributed by atoms with Gasteiger partial charge in [0.1, 0.15) is 0 Å². The Bertz CT molecular complexity index is 264. The Morgan fingerprint density at radius 2 is 1.94 bits per heavy atom. The number of thioether (sulfide) groups is 1. The lowest BCUT2D eigenvalue weighted by atomic mass is 9.84. The monoisotopic (exact) mass is 259 g/mol. The number of carbonyl (C=O) groups excluding carboxylic acids is 1. The van der Waals surface area contributed by atoms with Crippen molar-refractivity contribution in [3.8, 4) is 0 Å². The van der Waals surface area contributed by atoms with Crippen molar-refractivity contribution < 1.29 is 14.7 Å². The minimum atomic E-state index is -0.872. The second-order valence-corrected chi connectivity index (χ2v) is 5.63. The molecule has 1 fully saturated rings. The normalized spacial score (nSPS) is 18.6. The number of carbonyl (C=O) groups is 2. The van der Waals surface area contributed by atoms with E-state index in [1.54, 1.807) is 0 Å². The van der Waals surface area contributed by atoms with Gasteiger partial charge in [0, 0.05) is 6.04 Å². The molecule has 0 aromatic carbocycles. The minimum absolute atomic E-state index is 0.00870. The van der Waals surface area contributed by atoms with Crippen LogP contribution < -0.4 is 5.32 Å². The highest BCUT2D eigenvalue weighted by atomic mass is 32.2. The molecule has 0 heterocycles. The second kappa shape index (κ2) is 7.58. The third-order valence-corrected chi connectivity index (χ3v) is 4.12. The summed E-state index contributed by atoms with van der Waals surface area (Å²) < 4.78 is 0. The van der Waals surface area contributed by atoms with Crippen molar-refractivity contribution in [3.05, 3.63) is 0 Å². The van der Waals surface area contributed by atoms with Crippen LogP contribution in [0.5, 0.6) is 0 Å². The fraction of sp³-hybridized carbons (Fsp3) is 0.833. The summed E-state index contributed by atoms with van der Waals surface area (Å²) in [5, 5.41) is 11.4. The van der Waals surface area contributed by atoms with Gasteiger partial charge in [-0.2, -0.15) is 0 Å². The van der Waals surface area contributed by atoms with Gasteiger partial charge in [0.25, 0.3) is 0 Å². The molecule has 98 valence electrons. The molecular formula is C12H21NO3S. The summed E-state index contributed by atoms with van der Waals surface area (Å²) in [6.45, 7) is 2.05. The molecule has 4 nitrogen and oxygen atoms in total. The van der Waals surface area contributed by atoms with E-state index in [4.69, 9.17) is 5.11 Å². The first-order valence-corrected chi connectivity index (χ1v) is 7.34. The molecule has 1 aliphatic rings. The standard InChI is InChI=1S/C12H21NO3S/c1-9(10-5-3-2-4-6-10)13-11(14)7-17-8-12(15)16/h9-10H,2-8H2,1H3,(H,13,14)(H,15,16)/t9-/m0/s1. The molecule has 0 aromatic rings. The molecular weight excluding hydrogens is 238 g/mol. The molecule has 0 aromatic heterocycles. The Morgan fingerprint density at radius 3 is 2.53 bits per heavy atom. The lowest BCUT2D eigenvalue weighted by molar-refractivity contribution is -0.133. The average molecular weight is 259 g/mol. The van der Waals surface area contributed by atoms with Crippen LogP contribution in [0.15, 0.2) is 0 Å². The molecule has 0 saturated heterocycles. The predicted octanol–water partition coefficient (Wildman–Crippen LogP) is 1.89. The number of carboxylic acids is 1. The largest absolute Gasteiger partial charge is 0.481 e. The maximum atomic E-state index is 11.6. The van der Waals surface area contributed by atoms with Crippen LogP contribution in [-0.2, 0) is 9.59 Å². The smallest absolute Gasteiger partial charge is 0.313 e. The van der Waals surface area contributed by atoms with E-state index in [1.807, 2.05) is 0 Å². The highest BCUT2D eigenvalue weighted by molar-refractivity contribution is 8.00. The van der Waals surface area contributed by atoms with E-state index in [-0.39, 0.29) is 23.5 Å². The molecule has 1 aliphatic carbocycles. The third-order valence-electron chi connectivity index (χ3n) is 3.20. The first-order valence-electron chi connectivity index (χ1n) is 6.18. The Morgan fingerprint density at radius 1 is 1.29 bits per heavy atom. The zero-order chi connectivity index (χ0) is 12.7. The lowest BCUT2D eigenvalue weighted by Crippen LogP contribution is -2.39. The van der Waals surface area contributed by atoms with Crippen molar-refractivity contribution in [2.75, 3.05) is 11.5 Å². The van der Waals surface area contributed by atoms with Crippen LogP contribution in [0.3, 0.4) is 0 Å². The quantitative estimate of drug-likeness (QED) is 0.764. The number of carboxylic acid groups (broad SMARTS) is 1. The molecule has 2 N–H and O–H groups in total. The Labute approximate surface area is 107 Å². The van der Waals surface area contributed by atoms with E-state index in [9.17, 15) is 9.59 Å². The number of aliphatic carboxylic acids is 1. The van der Waals surface area contributed by atoms with Crippen molar-refractivity contribution in [1.82, 2.24) is 5.32 Å². The van der Waals surface area contributed by atoms with E-state index in [0.717, 1.165) is 11.8 Å². The molecule has 0 bridgehead atoms. The zero-order valence-corrected chi connectivity index (χ0v) is 11.1. The van der Waals surface area contributed by atoms with E-state index in [2.05, 4.69) is 12.2 Å². The van der Waals surface area contributed by atoms with Gasteiger partial charge in [0.15, 0.2) is 0 Å². The van der Waals surface area contributed by atoms with Crippen LogP contribution in [0.4, 0.5) is 0 Å². The molecule has 5 heteroatoms. The van der Waals surface area contributed by atoms with Gasteiger partial charge >= 0.3 is 5.97 Å². The van der Waals surface area contributed by atoms with Gasteiger partial charge in [0.05, 0.1) is 11.5 Å². The highest BCUT2D eigenvalue weighted by Crippen LogP contribution is 2.26. The molecule has 1 saturated carbocycles. The summed E-state index contributed by atoms with van der Waals surface area (Å²) in [4.78, 5) is 21.9. The van der Waals surface area contributed by atoms with Gasteiger partial charge in [-0.3, -0.25) is 9.59 Å². The summed E-state index contributed by atoms with van der Waals surface area (Å²) in [5.41, 5.74) is 0. The molecule has 17 heavy (non-hydrogen) atoms. The van der Waals surface area contributed by atoms with Crippen LogP contribution in [0.2, 0.25) is 0 Å². The predicted molar refractivity (Wildman–Crippen MR) is 69.1 cm³/mol. The summed E-state index contributed by atoms with van der Waals surface area (Å²) in [7, 11) is 0. The topological polar surface area (TPSA) is 66.4 Å². The van der Waals surface area contributed by atoms with Gasteiger partial charge < -0.3 is 10.4 Å². The van der Waals surface area contributed by atoms with Crippen LogP contribution >= 0.6 is 11.8 Å². The molecule has 0 unspecified atom stereocenters. The molecule has 0 spiro atoms. The van der Waals surface area contributed by atoms with Crippen molar-refractivity contribution >= 4 is 23.6 Å². The number of nitrogens with one attached hydrogen (secondary N) is 1. The van der Waals surface area contributed by atoms with E-state index >= 15 is 0 Å². The Kier molecular flexibility index (Phi) is 6.40. The van der Waals surface area contributed by atoms with E-state index in [0.29, 0.717) is 5.92 Å². The van der Waals surface area contributed by atoms with Gasteiger partial charge in [-0.05, 0) is 25.7 Å². The van der Waals surface area contributed by atoms with Gasteiger partial charge in [-0.1, -0.05) is 19.3 Å². The van der Waals surface area contributed by atoms with E-state index < -0.39 is 5.97 Å². The molecule has 0 radical (unpaired) electrons. The number of rotatable bonds is 6. The van der Waals surface area contributed by atoms with Gasteiger partial charge in [-0.25, -0.2) is 0 Å². The van der Waals surface area contributed by atoms with Crippen LogP contribution in [0, 0.1) is 5.92 Å². The fourth-order valence-corrected chi connectivity index (χ4v) is 2.82. The van der Waals surface area contributed by atoms with Crippen LogP contribution in [-0.4, -0.2) is 34.5 Å². The summed E-state index contributed by atoms with van der Waals surface area (Å²) >= 11 is 1.15. The van der Waals surface area contributed by atoms with Crippen molar-refractivity contribution in [3.63, 3.8) is 0 Å². The Balaban J connectivity index is 2.18. The van der Waals surface area contributed by atoms with Crippen molar-refractivity contribution in [2.45, 2.75) is 45.1 Å². The first kappa shape index (κ1) is 14.4. The zero-order valence-electron chi connectivity index (χ0n) is 10.3. The Hall–Kier alpha value is -0.710. The van der Waals surface area contributed by atoms with Gasteiger partial charge in [-0.15, -0.1) is 11.8 Å². The molecule has 0 aliphatic heterocycles. The summed E-state index contributed by atoms with van der Waals surface area (Å²) in [6, 6.07) is 0.216. The highest BCUT2D eigenvalue weighted by Gasteiger charge is 2.21. The third kappa shape index (κ3) is 5.96. The fourth-order valence-electron chi connectivity index (χ4n) is 2.28. The molecule has 1 amide bonds. The van der Waals surface area contributed by atoms with Gasteiger partial charge in [0.2, 0.25) is 5.91 Å². The summed E-state index contributed by atoms with van der Waals surface area (Å²) in [5.74, 6) is -0.0937. The number of hydrogen-bond acceptors (Lipinski definition) is 3. The number of amides is 1.